The van der Waals surface area contributed by atoms with E-state index in [1.165, 1.54) is 0 Å². The predicted octanol–water partition coefficient (Wildman–Crippen LogP) is 6.14. The van der Waals surface area contributed by atoms with Gasteiger partial charge >= 0.3 is 0 Å². The van der Waals surface area contributed by atoms with E-state index in [9.17, 15) is 0 Å². The Balaban J connectivity index is 2.14. The lowest BCUT2D eigenvalue weighted by molar-refractivity contribution is 0.831. The number of azo groups is 1. The van der Waals surface area contributed by atoms with Gasteiger partial charge in [0, 0.05) is 11.2 Å². The molecule has 2 aromatic heterocycles. The first-order valence-electron chi connectivity index (χ1n) is 7.63. The molecule has 0 N–H and O–H groups in total. The number of hydrogen-bond acceptors (Lipinski definition) is 3. The van der Waals surface area contributed by atoms with Crippen LogP contribution < -0.4 is 0 Å². The average Bonchev–Trinajstić information content (AvgIpc) is 2.87. The number of rotatable bonds is 3. The highest BCUT2D eigenvalue weighted by Gasteiger charge is 2.15. The van der Waals surface area contributed by atoms with Gasteiger partial charge in [0.05, 0.1) is 11.4 Å². The second kappa shape index (κ2) is 6.13. The van der Waals surface area contributed by atoms with E-state index in [0.29, 0.717) is 5.02 Å². The number of imidazole rings is 1. The zero-order chi connectivity index (χ0) is 16.6. The maximum atomic E-state index is 6.15. The Morgan fingerprint density at radius 3 is 2.61 bits per heavy atom. The molecular weight excluding hydrogens is 308 g/mol. The topological polar surface area (TPSA) is 42.0 Å². The molecule has 2 heterocycles. The smallest absolute Gasteiger partial charge is 0.183 e. The van der Waals surface area contributed by atoms with Crippen LogP contribution in [0.3, 0.4) is 0 Å². The van der Waals surface area contributed by atoms with E-state index >= 15 is 0 Å². The molecule has 3 aromatic rings. The number of aryl methyl sites for hydroxylation is 1. The van der Waals surface area contributed by atoms with Crippen molar-refractivity contribution < 1.29 is 0 Å². The van der Waals surface area contributed by atoms with E-state index < -0.39 is 0 Å². The van der Waals surface area contributed by atoms with Crippen molar-refractivity contribution in [3.8, 4) is 0 Å². The second-order valence-corrected chi connectivity index (χ2v) is 6.40. The Morgan fingerprint density at radius 2 is 1.87 bits per heavy atom. The van der Waals surface area contributed by atoms with Crippen LogP contribution >= 0.6 is 11.6 Å². The van der Waals surface area contributed by atoms with Crippen LogP contribution in [0.25, 0.3) is 5.65 Å². The van der Waals surface area contributed by atoms with Crippen LogP contribution in [0.5, 0.6) is 0 Å². The van der Waals surface area contributed by atoms with Gasteiger partial charge in [-0.05, 0) is 49.1 Å². The maximum absolute atomic E-state index is 6.15. The Morgan fingerprint density at radius 1 is 1.09 bits per heavy atom. The minimum Gasteiger partial charge on any atom is -0.283 e. The van der Waals surface area contributed by atoms with Crippen molar-refractivity contribution in [3.05, 3.63) is 58.4 Å². The van der Waals surface area contributed by atoms with Gasteiger partial charge in [-0.3, -0.25) is 4.40 Å². The molecule has 0 atom stereocenters. The van der Waals surface area contributed by atoms with Crippen LogP contribution in [0.4, 0.5) is 11.5 Å². The van der Waals surface area contributed by atoms with Gasteiger partial charge < -0.3 is 0 Å². The van der Waals surface area contributed by atoms with Crippen molar-refractivity contribution in [3.63, 3.8) is 0 Å². The van der Waals surface area contributed by atoms with Gasteiger partial charge in [-0.2, -0.15) is 0 Å². The summed E-state index contributed by atoms with van der Waals surface area (Å²) in [5, 5.41) is 9.60. The Kier molecular flexibility index (Phi) is 4.18. The van der Waals surface area contributed by atoms with Gasteiger partial charge in [0.1, 0.15) is 5.65 Å². The number of halogens is 1. The van der Waals surface area contributed by atoms with Crippen LogP contribution in [0.1, 0.15) is 36.6 Å². The summed E-state index contributed by atoms with van der Waals surface area (Å²) in [5.74, 6) is 1.04. The van der Waals surface area contributed by atoms with Gasteiger partial charge in [-0.1, -0.05) is 37.6 Å². The van der Waals surface area contributed by atoms with Crippen molar-refractivity contribution in [2.75, 3.05) is 0 Å². The molecule has 0 fully saturated rings. The van der Waals surface area contributed by atoms with Crippen molar-refractivity contribution >= 4 is 28.8 Å². The highest BCUT2D eigenvalue weighted by atomic mass is 35.5. The second-order valence-electron chi connectivity index (χ2n) is 5.99. The first kappa shape index (κ1) is 15.7. The summed E-state index contributed by atoms with van der Waals surface area (Å²) < 4.78 is 1.99. The predicted molar refractivity (Wildman–Crippen MR) is 94.4 cm³/mol. The molecule has 0 aliphatic rings. The normalized spacial score (nSPS) is 11.9. The lowest BCUT2D eigenvalue weighted by Gasteiger charge is -2.03. The molecule has 3 rings (SSSR count). The van der Waals surface area contributed by atoms with Crippen LogP contribution in [0.2, 0.25) is 5.02 Å². The van der Waals surface area contributed by atoms with Crippen LogP contribution in [-0.2, 0) is 0 Å². The molecule has 4 nitrogen and oxygen atoms in total. The zero-order valence-electron chi connectivity index (χ0n) is 13.7. The summed E-state index contributed by atoms with van der Waals surface area (Å²) in [7, 11) is 0. The molecule has 0 amide bonds. The standard InChI is InChI=1S/C18H19ClN4/c1-11(2)17-18(23-10-12(3)8-9-16(23)20-17)22-21-15-7-5-6-14(19)13(15)4/h5-11H,1-4H3. The van der Waals surface area contributed by atoms with Crippen molar-refractivity contribution in [1.82, 2.24) is 9.38 Å². The molecule has 118 valence electrons. The van der Waals surface area contributed by atoms with E-state index in [0.717, 1.165) is 34.0 Å². The number of nitrogens with zero attached hydrogens (tertiary/aromatic N) is 4. The SMILES string of the molecule is Cc1ccc2nc(C(C)C)c(N=Nc3cccc(Cl)c3C)n2c1. The lowest BCUT2D eigenvalue weighted by atomic mass is 10.1. The Labute approximate surface area is 140 Å². The molecule has 1 aromatic carbocycles. The van der Waals surface area contributed by atoms with E-state index in [1.54, 1.807) is 0 Å². The van der Waals surface area contributed by atoms with Gasteiger partial charge in [-0.15, -0.1) is 10.2 Å². The summed E-state index contributed by atoms with van der Waals surface area (Å²) in [4.78, 5) is 4.69. The number of pyridine rings is 1. The van der Waals surface area contributed by atoms with Gasteiger partial charge in [-0.25, -0.2) is 4.98 Å². The first-order valence-corrected chi connectivity index (χ1v) is 8.00. The van der Waals surface area contributed by atoms with Gasteiger partial charge in [0.25, 0.3) is 0 Å². The summed E-state index contributed by atoms with van der Waals surface area (Å²) in [5.41, 5.74) is 4.68. The molecule has 0 radical (unpaired) electrons. The number of aromatic nitrogens is 2. The third kappa shape index (κ3) is 2.99. The van der Waals surface area contributed by atoms with E-state index in [2.05, 4.69) is 42.1 Å². The van der Waals surface area contributed by atoms with E-state index in [-0.39, 0.29) is 5.92 Å². The third-order valence-corrected chi connectivity index (χ3v) is 4.22. The molecule has 5 heteroatoms. The highest BCUT2D eigenvalue weighted by Crippen LogP contribution is 2.31. The van der Waals surface area contributed by atoms with Gasteiger partial charge in [0.2, 0.25) is 0 Å². The molecule has 0 aliphatic heterocycles. The summed E-state index contributed by atoms with van der Waals surface area (Å²) in [6.07, 6.45) is 2.04. The monoisotopic (exact) mass is 326 g/mol. The third-order valence-electron chi connectivity index (χ3n) is 3.81. The number of hydrogen-bond donors (Lipinski definition) is 0. The minimum absolute atomic E-state index is 0.268. The quantitative estimate of drug-likeness (QED) is 0.533. The first-order chi connectivity index (χ1) is 11.0. The fourth-order valence-electron chi connectivity index (χ4n) is 2.45. The van der Waals surface area contributed by atoms with Gasteiger partial charge in [0.15, 0.2) is 5.82 Å². The maximum Gasteiger partial charge on any atom is 0.183 e. The molecule has 0 aliphatic carbocycles. The molecule has 0 bridgehead atoms. The summed E-state index contributed by atoms with van der Waals surface area (Å²) >= 11 is 6.15. The molecule has 0 saturated heterocycles. The van der Waals surface area contributed by atoms with Crippen LogP contribution in [0.15, 0.2) is 46.8 Å². The number of fused-ring (bicyclic) bond motifs is 1. The molecule has 0 saturated carbocycles. The minimum atomic E-state index is 0.268. The average molecular weight is 327 g/mol. The molecule has 23 heavy (non-hydrogen) atoms. The lowest BCUT2D eigenvalue weighted by Crippen LogP contribution is -1.88. The Bertz CT molecular complexity index is 893. The fourth-order valence-corrected chi connectivity index (χ4v) is 2.62. The van der Waals surface area contributed by atoms with E-state index in [1.807, 2.05) is 41.8 Å². The van der Waals surface area contributed by atoms with Crippen molar-refractivity contribution in [2.24, 2.45) is 10.2 Å². The van der Waals surface area contributed by atoms with Crippen molar-refractivity contribution in [1.29, 1.82) is 0 Å². The molecule has 0 unspecified atom stereocenters. The Hall–Kier alpha value is -2.20. The zero-order valence-corrected chi connectivity index (χ0v) is 14.5. The molecular formula is C18H19ClN4. The summed E-state index contributed by atoms with van der Waals surface area (Å²) in [6.45, 7) is 8.21. The van der Waals surface area contributed by atoms with E-state index in [4.69, 9.17) is 11.6 Å². The van der Waals surface area contributed by atoms with Crippen LogP contribution in [-0.4, -0.2) is 9.38 Å². The van der Waals surface area contributed by atoms with Crippen molar-refractivity contribution in [2.45, 2.75) is 33.6 Å². The summed E-state index contributed by atoms with van der Waals surface area (Å²) in [6, 6.07) is 9.70. The largest absolute Gasteiger partial charge is 0.283 e. The van der Waals surface area contributed by atoms with Crippen LogP contribution in [0, 0.1) is 13.8 Å². The molecule has 0 spiro atoms. The number of benzene rings is 1. The highest BCUT2D eigenvalue weighted by molar-refractivity contribution is 6.31. The fraction of sp³-hybridized carbons (Fsp3) is 0.278.